The lowest BCUT2D eigenvalue weighted by Crippen LogP contribution is -2.61. The van der Waals surface area contributed by atoms with Crippen LogP contribution in [0.1, 0.15) is 52.4 Å². The number of Topliss-reactive ketones (excluding diaryl/α,β-unsaturated/α-hetero) is 1. The topological polar surface area (TPSA) is 41.1 Å². The molecule has 3 saturated carbocycles. The minimum Gasteiger partial charge on any atom is -0.317 e. The fourth-order valence-electron chi connectivity index (χ4n) is 7.24. The van der Waals surface area contributed by atoms with Gasteiger partial charge in [0.05, 0.1) is 0 Å². The molecule has 4 aliphatic rings. The zero-order valence-electron chi connectivity index (χ0n) is 15.8. The lowest BCUT2D eigenvalue weighted by atomic mass is 9.44. The maximum atomic E-state index is 12.1. The van der Waals surface area contributed by atoms with Gasteiger partial charge in [-0.15, -0.1) is 0 Å². The van der Waals surface area contributed by atoms with E-state index in [2.05, 4.69) is 50.7 Å². The molecule has 24 heavy (non-hydrogen) atoms. The van der Waals surface area contributed by atoms with Gasteiger partial charge in [0, 0.05) is 24.9 Å². The van der Waals surface area contributed by atoms with Crippen LogP contribution in [0.15, 0.2) is 12.2 Å². The molecule has 4 aliphatic carbocycles. The third kappa shape index (κ3) is 2.13. The van der Waals surface area contributed by atoms with Crippen molar-refractivity contribution in [3.8, 4) is 0 Å². The minimum atomic E-state index is 0.360. The Morgan fingerprint density at radius 3 is 2.58 bits per heavy atom. The number of allylic oxidation sites excluding steroid dienone is 1. The summed E-state index contributed by atoms with van der Waals surface area (Å²) < 4.78 is 0. The molecule has 3 heteroatoms. The molecular weight excluding hydrogens is 296 g/mol. The second kappa shape index (κ2) is 5.67. The zero-order valence-corrected chi connectivity index (χ0v) is 15.8. The van der Waals surface area contributed by atoms with Crippen molar-refractivity contribution in [1.29, 1.82) is 0 Å². The van der Waals surface area contributed by atoms with Crippen molar-refractivity contribution in [3.05, 3.63) is 12.2 Å². The van der Waals surface area contributed by atoms with E-state index >= 15 is 0 Å². The highest BCUT2D eigenvalue weighted by atomic mass is 16.1. The molecule has 8 atom stereocenters. The molecule has 0 aromatic heterocycles. The number of hydrogen-bond donors (Lipinski definition) is 2. The maximum Gasteiger partial charge on any atom is 0.133 e. The van der Waals surface area contributed by atoms with E-state index in [4.69, 9.17) is 0 Å². The van der Waals surface area contributed by atoms with E-state index in [0.717, 1.165) is 31.1 Å². The van der Waals surface area contributed by atoms with Gasteiger partial charge < -0.3 is 10.6 Å². The van der Waals surface area contributed by atoms with Crippen molar-refractivity contribution in [1.82, 2.24) is 10.6 Å². The number of likely N-dealkylation sites (N-methyl/N-ethyl adjacent to an activating group) is 1. The molecule has 4 rings (SSSR count). The third-order valence-electron chi connectivity index (χ3n) is 8.74. The molecule has 134 valence electrons. The molecule has 0 heterocycles. The lowest BCUT2D eigenvalue weighted by molar-refractivity contribution is -0.140. The van der Waals surface area contributed by atoms with E-state index in [0.29, 0.717) is 40.5 Å². The van der Waals surface area contributed by atoms with Gasteiger partial charge in [0.1, 0.15) is 5.78 Å². The number of hydrogen-bond acceptors (Lipinski definition) is 3. The highest BCUT2D eigenvalue weighted by molar-refractivity contribution is 5.79. The molecule has 0 radical (unpaired) electrons. The molecule has 0 bridgehead atoms. The van der Waals surface area contributed by atoms with E-state index in [1.54, 1.807) is 0 Å². The first-order valence-electron chi connectivity index (χ1n) is 9.98. The highest BCUT2D eigenvalue weighted by Gasteiger charge is 2.61. The smallest absolute Gasteiger partial charge is 0.133 e. The predicted molar refractivity (Wildman–Crippen MR) is 97.7 cm³/mol. The fourth-order valence-corrected chi connectivity index (χ4v) is 7.24. The number of fused-ring (bicyclic) bond motifs is 5. The first-order chi connectivity index (χ1) is 11.4. The van der Waals surface area contributed by atoms with Crippen molar-refractivity contribution in [3.63, 3.8) is 0 Å². The van der Waals surface area contributed by atoms with Gasteiger partial charge in [0.2, 0.25) is 0 Å². The van der Waals surface area contributed by atoms with Crippen LogP contribution < -0.4 is 10.6 Å². The molecule has 3 unspecified atom stereocenters. The SMILES string of the molecule is CNC1CC2CC(=O)CC[C@]2(C)[C@@H]2CC[C@]3(C)C(NC)C=C[C@H]3[C@H]12. The molecule has 0 saturated heterocycles. The van der Waals surface area contributed by atoms with Crippen LogP contribution in [0.5, 0.6) is 0 Å². The van der Waals surface area contributed by atoms with Gasteiger partial charge in [-0.2, -0.15) is 0 Å². The molecular formula is C21H34N2O. The van der Waals surface area contributed by atoms with Crippen molar-refractivity contribution >= 4 is 5.78 Å². The van der Waals surface area contributed by atoms with Gasteiger partial charge in [0.15, 0.2) is 0 Å². The van der Waals surface area contributed by atoms with Gasteiger partial charge in [-0.3, -0.25) is 4.79 Å². The molecule has 0 aromatic carbocycles. The van der Waals surface area contributed by atoms with Gasteiger partial charge in [0.25, 0.3) is 0 Å². The number of nitrogens with one attached hydrogen (secondary N) is 2. The summed E-state index contributed by atoms with van der Waals surface area (Å²) in [6, 6.07) is 1.07. The van der Waals surface area contributed by atoms with Crippen LogP contribution in [-0.4, -0.2) is 32.0 Å². The van der Waals surface area contributed by atoms with Crippen molar-refractivity contribution < 1.29 is 4.79 Å². The molecule has 0 amide bonds. The van der Waals surface area contributed by atoms with E-state index < -0.39 is 0 Å². The second-order valence-corrected chi connectivity index (χ2v) is 9.48. The first-order valence-corrected chi connectivity index (χ1v) is 9.98. The van der Waals surface area contributed by atoms with Crippen LogP contribution in [0.25, 0.3) is 0 Å². The molecule has 3 fully saturated rings. The van der Waals surface area contributed by atoms with Crippen molar-refractivity contribution in [2.45, 2.75) is 64.5 Å². The normalized spacial score (nSPS) is 53.4. The van der Waals surface area contributed by atoms with Gasteiger partial charge in [-0.1, -0.05) is 26.0 Å². The Kier molecular flexibility index (Phi) is 3.96. The maximum absolute atomic E-state index is 12.1. The fraction of sp³-hybridized carbons (Fsp3) is 0.857. The van der Waals surface area contributed by atoms with E-state index in [9.17, 15) is 4.79 Å². The summed E-state index contributed by atoms with van der Waals surface area (Å²) in [6.45, 7) is 5.02. The number of carbonyl (C=O) groups is 1. The lowest BCUT2D eigenvalue weighted by Gasteiger charge is -2.62. The standard InChI is InChI=1S/C21H34N2O/c1-20-9-7-14(24)11-13(20)12-17(22-3)19-15-5-6-18(23-4)21(15,2)10-8-16(19)20/h5-6,13,15-19,22-23H,7-12H2,1-4H3/t13?,15-,16+,17?,18?,19-,20-,21-/m0/s1. The Bertz CT molecular complexity index is 558. The van der Waals surface area contributed by atoms with Crippen molar-refractivity contribution in [2.75, 3.05) is 14.1 Å². The van der Waals surface area contributed by atoms with Crippen LogP contribution in [0.4, 0.5) is 0 Å². The van der Waals surface area contributed by atoms with Crippen LogP contribution in [-0.2, 0) is 4.79 Å². The Morgan fingerprint density at radius 2 is 1.88 bits per heavy atom. The van der Waals surface area contributed by atoms with Crippen LogP contribution in [0, 0.1) is 34.5 Å². The third-order valence-corrected chi connectivity index (χ3v) is 8.74. The predicted octanol–water partition coefficient (Wildman–Crippen LogP) is 3.16. The monoisotopic (exact) mass is 330 g/mol. The molecule has 0 aliphatic heterocycles. The molecule has 0 spiro atoms. The molecule has 0 aromatic rings. The average Bonchev–Trinajstić information content (AvgIpc) is 2.91. The highest BCUT2D eigenvalue weighted by Crippen LogP contribution is 2.64. The summed E-state index contributed by atoms with van der Waals surface area (Å²) in [5.74, 6) is 3.24. The van der Waals surface area contributed by atoms with Crippen molar-refractivity contribution in [2.24, 2.45) is 34.5 Å². The quantitative estimate of drug-likeness (QED) is 0.764. The average molecular weight is 331 g/mol. The number of rotatable bonds is 2. The number of ketones is 1. The largest absolute Gasteiger partial charge is 0.317 e. The summed E-state index contributed by atoms with van der Waals surface area (Å²) in [4.78, 5) is 12.1. The van der Waals surface area contributed by atoms with Crippen LogP contribution in [0.3, 0.4) is 0 Å². The Balaban J connectivity index is 1.70. The van der Waals surface area contributed by atoms with Gasteiger partial charge >= 0.3 is 0 Å². The summed E-state index contributed by atoms with van der Waals surface area (Å²) in [5.41, 5.74) is 0.734. The van der Waals surface area contributed by atoms with E-state index in [-0.39, 0.29) is 0 Å². The molecule has 3 nitrogen and oxygen atoms in total. The Labute approximate surface area is 147 Å². The summed E-state index contributed by atoms with van der Waals surface area (Å²) in [7, 11) is 4.24. The Morgan fingerprint density at radius 1 is 1.08 bits per heavy atom. The van der Waals surface area contributed by atoms with E-state index in [1.807, 2.05) is 0 Å². The van der Waals surface area contributed by atoms with Gasteiger partial charge in [-0.25, -0.2) is 0 Å². The van der Waals surface area contributed by atoms with E-state index in [1.165, 1.54) is 19.3 Å². The molecule has 2 N–H and O–H groups in total. The van der Waals surface area contributed by atoms with Crippen LogP contribution in [0.2, 0.25) is 0 Å². The second-order valence-electron chi connectivity index (χ2n) is 9.48. The van der Waals surface area contributed by atoms with Crippen LogP contribution >= 0.6 is 0 Å². The van der Waals surface area contributed by atoms with Gasteiger partial charge in [-0.05, 0) is 74.3 Å². The summed E-state index contributed by atoms with van der Waals surface area (Å²) >= 11 is 0. The summed E-state index contributed by atoms with van der Waals surface area (Å²) in [6.07, 6.45) is 11.5. The zero-order chi connectivity index (χ0) is 17.1. The first kappa shape index (κ1) is 16.8. The minimum absolute atomic E-state index is 0.360. The summed E-state index contributed by atoms with van der Waals surface area (Å²) in [5, 5.41) is 7.22. The number of carbonyl (C=O) groups excluding carboxylic acids is 1. The Hall–Kier alpha value is -0.670.